The highest BCUT2D eigenvalue weighted by molar-refractivity contribution is 9.10. The molecule has 4 heterocycles. The number of hydrogen-bond acceptors (Lipinski definition) is 7. The highest BCUT2D eigenvalue weighted by Gasteiger charge is 2.29. The number of H-pyrrole nitrogens is 1. The number of aryl methyl sites for hydroxylation is 1. The molecule has 0 unspecified atom stereocenters. The number of hydrogen-bond donors (Lipinski definition) is 2. The molecular formula is C38H40BrF2N5O3. The molecule has 49 heavy (non-hydrogen) atoms. The second-order valence-corrected chi connectivity index (χ2v) is 14.2. The second kappa shape index (κ2) is 14.0. The molecule has 256 valence electrons. The van der Waals surface area contributed by atoms with Crippen molar-refractivity contribution in [3.05, 3.63) is 99.1 Å². The average Bonchev–Trinajstić information content (AvgIpc) is 3.74. The van der Waals surface area contributed by atoms with Gasteiger partial charge in [-0.05, 0) is 104 Å². The first kappa shape index (κ1) is 33.3. The number of aromatic amines is 1. The molecule has 11 heteroatoms. The van der Waals surface area contributed by atoms with E-state index in [1.807, 2.05) is 43.0 Å². The predicted molar refractivity (Wildman–Crippen MR) is 190 cm³/mol. The number of Topliss-reactive ketones (excluding diaryl/α,β-unsaturated/α-hetero) is 1. The van der Waals surface area contributed by atoms with E-state index in [0.29, 0.717) is 35.5 Å². The Kier molecular flexibility index (Phi) is 9.48. The molecule has 2 aromatic carbocycles. The Hall–Kier alpha value is -4.22. The molecule has 2 aromatic heterocycles. The smallest absolute Gasteiger partial charge is 0.219 e. The molecule has 8 nitrogen and oxygen atoms in total. The number of carbonyl (C=O) groups excluding carboxylic acids is 1. The van der Waals surface area contributed by atoms with Crippen LogP contribution in [0.25, 0.3) is 10.9 Å². The Balaban J connectivity index is 1.11. The summed E-state index contributed by atoms with van der Waals surface area (Å²) < 4.78 is 41.2. The van der Waals surface area contributed by atoms with Gasteiger partial charge in [-0.15, -0.1) is 0 Å². The van der Waals surface area contributed by atoms with Gasteiger partial charge < -0.3 is 30.0 Å². The van der Waals surface area contributed by atoms with Gasteiger partial charge in [0.15, 0.2) is 11.6 Å². The number of nitrogens with one attached hydrogen (secondary N) is 1. The van der Waals surface area contributed by atoms with Crippen molar-refractivity contribution >= 4 is 38.3 Å². The van der Waals surface area contributed by atoms with Crippen LogP contribution in [0.2, 0.25) is 0 Å². The van der Waals surface area contributed by atoms with Crippen LogP contribution in [0, 0.1) is 18.6 Å². The number of nitrogens with zero attached hydrogens (tertiary/aromatic N) is 3. The molecule has 1 saturated carbocycles. The Morgan fingerprint density at radius 3 is 2.47 bits per heavy atom. The molecule has 3 N–H and O–H groups in total. The van der Waals surface area contributed by atoms with Crippen LogP contribution in [0.1, 0.15) is 67.9 Å². The van der Waals surface area contributed by atoms with Crippen molar-refractivity contribution in [1.29, 1.82) is 0 Å². The van der Waals surface area contributed by atoms with Gasteiger partial charge in [0.2, 0.25) is 17.4 Å². The van der Waals surface area contributed by atoms with Crippen LogP contribution >= 0.6 is 15.9 Å². The fraction of sp³-hybridized carbons (Fsp3) is 0.368. The summed E-state index contributed by atoms with van der Waals surface area (Å²) in [5.41, 5.74) is 10.7. The van der Waals surface area contributed by atoms with E-state index in [1.54, 1.807) is 12.3 Å². The number of allylic oxidation sites excluding steroid dienone is 2. The van der Waals surface area contributed by atoms with Crippen LogP contribution in [0.15, 0.2) is 76.2 Å². The summed E-state index contributed by atoms with van der Waals surface area (Å²) in [5, 5.41) is 0.872. The van der Waals surface area contributed by atoms with Crippen LogP contribution in [0.4, 0.5) is 14.5 Å². The summed E-state index contributed by atoms with van der Waals surface area (Å²) in [6, 6.07) is 11.6. The summed E-state index contributed by atoms with van der Waals surface area (Å²) in [5.74, 6) is -1.31. The topological polar surface area (TPSA) is 96.7 Å². The molecule has 4 aromatic rings. The van der Waals surface area contributed by atoms with Crippen LogP contribution in [0.5, 0.6) is 17.4 Å². The molecule has 1 aliphatic carbocycles. The number of ether oxygens (including phenoxy) is 2. The van der Waals surface area contributed by atoms with Crippen molar-refractivity contribution in [2.45, 2.75) is 70.9 Å². The summed E-state index contributed by atoms with van der Waals surface area (Å²) >= 11 is 3.69. The number of pyridine rings is 1. The van der Waals surface area contributed by atoms with Crippen LogP contribution in [-0.2, 0) is 0 Å². The van der Waals surface area contributed by atoms with Gasteiger partial charge in [-0.3, -0.25) is 4.79 Å². The van der Waals surface area contributed by atoms with E-state index in [9.17, 15) is 13.6 Å². The fourth-order valence-electron chi connectivity index (χ4n) is 7.22. The van der Waals surface area contributed by atoms with E-state index in [1.165, 1.54) is 31.7 Å². The van der Waals surface area contributed by atoms with Gasteiger partial charge in [-0.2, -0.15) is 0 Å². The zero-order chi connectivity index (χ0) is 34.2. The number of aromatic nitrogens is 2. The lowest BCUT2D eigenvalue weighted by Crippen LogP contribution is -2.43. The van der Waals surface area contributed by atoms with Crippen molar-refractivity contribution in [3.63, 3.8) is 0 Å². The standard InChI is InChI=1S/C38H40BrF2N5O3/c1-22-10-15-46(33-21-43-35(17-23(33)2)49-37-29(40)8-5-9-30(37)41)38(42)27(16-22)36(47)32-18-24-19-34(28(39)20-31(24)44-32)48-26-11-13-45(14-12-26)25-6-3-4-7-25/h5,8-9,16-21,25-26,44H,3-4,6-7,10-15,42H2,1-2H3. The van der Waals surface area contributed by atoms with Crippen LogP contribution in [-0.4, -0.2) is 52.4 Å². The number of piperidine rings is 1. The number of ketones is 1. The first-order chi connectivity index (χ1) is 23.6. The number of benzene rings is 2. The molecule has 3 aliphatic rings. The van der Waals surface area contributed by atoms with Crippen LogP contribution in [0.3, 0.4) is 0 Å². The lowest BCUT2D eigenvalue weighted by Gasteiger charge is -2.36. The monoisotopic (exact) mass is 731 g/mol. The van der Waals surface area contributed by atoms with Crippen molar-refractivity contribution in [1.82, 2.24) is 14.9 Å². The maximum atomic E-state index is 14.2. The highest BCUT2D eigenvalue weighted by atomic mass is 79.9. The van der Waals surface area contributed by atoms with Gasteiger partial charge in [-0.25, -0.2) is 13.8 Å². The summed E-state index contributed by atoms with van der Waals surface area (Å²) in [4.78, 5) is 26.2. The first-order valence-electron chi connectivity index (χ1n) is 16.9. The SMILES string of the molecule is CC1=CC(C(=O)c2cc3cc(OC4CCN(C5CCCC5)CC4)c(Br)cc3[nH]2)=C(N)N(c2cnc(Oc3c(F)cccc3F)cc2C)CC1. The van der Waals surface area contributed by atoms with Gasteiger partial charge in [0.05, 0.1) is 27.6 Å². The molecule has 7 rings (SSSR count). The molecule has 2 fully saturated rings. The predicted octanol–water partition coefficient (Wildman–Crippen LogP) is 8.70. The number of carbonyl (C=O) groups is 1. The number of rotatable bonds is 8. The van der Waals surface area contributed by atoms with E-state index in [2.05, 4.69) is 30.8 Å². The lowest BCUT2D eigenvalue weighted by atomic mass is 10.0. The van der Waals surface area contributed by atoms with Crippen molar-refractivity contribution in [2.24, 2.45) is 5.73 Å². The number of likely N-dealkylation sites (tertiary alicyclic amines) is 1. The van der Waals surface area contributed by atoms with Crippen LogP contribution < -0.4 is 20.1 Å². The maximum Gasteiger partial charge on any atom is 0.219 e. The molecule has 0 amide bonds. The van der Waals surface area contributed by atoms with Gasteiger partial charge >= 0.3 is 0 Å². The average molecular weight is 733 g/mol. The first-order valence-corrected chi connectivity index (χ1v) is 17.7. The molecule has 2 aliphatic heterocycles. The van der Waals surface area contributed by atoms with E-state index < -0.39 is 17.4 Å². The molecule has 1 saturated heterocycles. The molecule has 0 bridgehead atoms. The van der Waals surface area contributed by atoms with Crippen molar-refractivity contribution in [2.75, 3.05) is 24.5 Å². The third kappa shape index (κ3) is 6.96. The number of fused-ring (bicyclic) bond motifs is 1. The Morgan fingerprint density at radius 1 is 1.02 bits per heavy atom. The highest BCUT2D eigenvalue weighted by Crippen LogP contribution is 2.36. The van der Waals surface area contributed by atoms with Gasteiger partial charge in [-0.1, -0.05) is 24.5 Å². The van der Waals surface area contributed by atoms with Gasteiger partial charge in [0.25, 0.3) is 0 Å². The quantitative estimate of drug-likeness (QED) is 0.175. The van der Waals surface area contributed by atoms with Gasteiger partial charge in [0, 0.05) is 42.6 Å². The zero-order valence-corrected chi connectivity index (χ0v) is 29.3. The second-order valence-electron chi connectivity index (χ2n) is 13.3. The third-order valence-electron chi connectivity index (χ3n) is 9.94. The Bertz CT molecular complexity index is 1940. The third-order valence-corrected chi connectivity index (χ3v) is 10.6. The number of anilines is 1. The normalized spacial score (nSPS) is 18.2. The lowest BCUT2D eigenvalue weighted by molar-refractivity contribution is 0.0764. The molecular weight excluding hydrogens is 692 g/mol. The molecule has 0 spiro atoms. The largest absolute Gasteiger partial charge is 0.489 e. The zero-order valence-electron chi connectivity index (χ0n) is 27.7. The Morgan fingerprint density at radius 2 is 1.76 bits per heavy atom. The van der Waals surface area contributed by atoms with E-state index in [-0.39, 0.29) is 23.6 Å². The summed E-state index contributed by atoms with van der Waals surface area (Å²) in [6.45, 7) is 6.45. The Labute approximate surface area is 293 Å². The van der Waals surface area contributed by atoms with Crippen molar-refractivity contribution < 1.29 is 23.0 Å². The minimum atomic E-state index is -0.823. The number of para-hydroxylation sites is 1. The summed E-state index contributed by atoms with van der Waals surface area (Å²) in [6.07, 6.45) is 11.5. The maximum absolute atomic E-state index is 14.2. The fourth-order valence-corrected chi connectivity index (χ4v) is 7.66. The number of nitrogens with two attached hydrogens (primary N) is 1. The van der Waals surface area contributed by atoms with E-state index in [0.717, 1.165) is 70.8 Å². The van der Waals surface area contributed by atoms with Gasteiger partial charge in [0.1, 0.15) is 17.7 Å². The van der Waals surface area contributed by atoms with E-state index in [4.69, 9.17) is 15.2 Å². The summed E-state index contributed by atoms with van der Waals surface area (Å²) in [7, 11) is 0. The molecule has 0 radical (unpaired) electrons. The molecule has 0 atom stereocenters. The van der Waals surface area contributed by atoms with Crippen molar-refractivity contribution in [3.8, 4) is 17.4 Å². The minimum absolute atomic E-state index is 0.0374. The minimum Gasteiger partial charge on any atom is -0.489 e. The van der Waals surface area contributed by atoms with E-state index >= 15 is 0 Å². The number of halogens is 3.